The summed E-state index contributed by atoms with van der Waals surface area (Å²) in [7, 11) is 0. The van der Waals surface area contributed by atoms with Crippen LogP contribution in [0.5, 0.6) is 0 Å². The van der Waals surface area contributed by atoms with E-state index in [0.29, 0.717) is 0 Å². The fourth-order valence-corrected chi connectivity index (χ4v) is 0.347. The van der Waals surface area contributed by atoms with Gasteiger partial charge in [0.05, 0.1) is 0 Å². The molecule has 64 valence electrons. The zero-order valence-electron chi connectivity index (χ0n) is 5.81. The number of allylic oxidation sites excluding steroid dienone is 1. The van der Waals surface area contributed by atoms with E-state index in [1.807, 2.05) is 0 Å². The smallest absolute Gasteiger partial charge is 0.409 e. The number of carbonyl (C=O) groups is 1. The van der Waals surface area contributed by atoms with Crippen LogP contribution in [0.4, 0.5) is 13.2 Å². The van der Waals surface area contributed by atoms with Crippen molar-refractivity contribution in [3.63, 3.8) is 0 Å². The van der Waals surface area contributed by atoms with Gasteiger partial charge in [-0.05, 0) is 6.08 Å². The SMILES string of the molecule is CC(=O)OC/C=C/C(F)(F)F. The summed E-state index contributed by atoms with van der Waals surface area (Å²) in [6, 6.07) is 0. The summed E-state index contributed by atoms with van der Waals surface area (Å²) in [6.07, 6.45) is -3.57. The van der Waals surface area contributed by atoms with E-state index in [0.717, 1.165) is 13.0 Å². The van der Waals surface area contributed by atoms with Gasteiger partial charge in [0, 0.05) is 13.0 Å². The summed E-state index contributed by atoms with van der Waals surface area (Å²) in [6.45, 7) is 0.788. The average molecular weight is 168 g/mol. The topological polar surface area (TPSA) is 26.3 Å². The van der Waals surface area contributed by atoms with Crippen molar-refractivity contribution in [3.05, 3.63) is 12.2 Å². The van der Waals surface area contributed by atoms with Crippen molar-refractivity contribution >= 4 is 5.97 Å². The van der Waals surface area contributed by atoms with Gasteiger partial charge in [0.1, 0.15) is 6.61 Å². The second kappa shape index (κ2) is 4.00. The molecule has 0 N–H and O–H groups in total. The van der Waals surface area contributed by atoms with Crippen molar-refractivity contribution in [3.8, 4) is 0 Å². The van der Waals surface area contributed by atoms with Crippen molar-refractivity contribution in [2.45, 2.75) is 13.1 Å². The molecule has 0 aliphatic heterocycles. The van der Waals surface area contributed by atoms with E-state index in [-0.39, 0.29) is 12.7 Å². The minimum absolute atomic E-state index is 0.0238. The molecule has 0 heterocycles. The van der Waals surface area contributed by atoms with Crippen LogP contribution < -0.4 is 0 Å². The molecule has 0 aliphatic carbocycles. The van der Waals surface area contributed by atoms with Gasteiger partial charge in [0.2, 0.25) is 0 Å². The van der Waals surface area contributed by atoms with Gasteiger partial charge >= 0.3 is 12.1 Å². The summed E-state index contributed by atoms with van der Waals surface area (Å²) >= 11 is 0. The minimum atomic E-state index is -4.33. The van der Waals surface area contributed by atoms with E-state index in [4.69, 9.17) is 0 Å². The number of esters is 1. The molecule has 2 nitrogen and oxygen atoms in total. The first-order chi connectivity index (χ1) is 4.92. The third-order valence-electron chi connectivity index (χ3n) is 0.690. The van der Waals surface area contributed by atoms with Gasteiger partial charge in [-0.3, -0.25) is 4.79 Å². The predicted molar refractivity (Wildman–Crippen MR) is 31.8 cm³/mol. The van der Waals surface area contributed by atoms with Crippen molar-refractivity contribution in [1.82, 2.24) is 0 Å². The quantitative estimate of drug-likeness (QED) is 0.463. The van der Waals surface area contributed by atoms with Crippen LogP contribution >= 0.6 is 0 Å². The van der Waals surface area contributed by atoms with Crippen LogP contribution in [0, 0.1) is 0 Å². The largest absolute Gasteiger partial charge is 0.462 e. The summed E-state index contributed by atoms with van der Waals surface area (Å²) in [5.41, 5.74) is 0. The summed E-state index contributed by atoms with van der Waals surface area (Å²) in [5.74, 6) is -0.600. The molecule has 0 aromatic heterocycles. The standard InChI is InChI=1S/C6H7F3O2/c1-5(10)11-4-2-3-6(7,8)9/h2-3H,4H2,1H3/b3-2+. The Labute approximate surface area is 61.6 Å². The van der Waals surface area contributed by atoms with Gasteiger partial charge in [-0.2, -0.15) is 13.2 Å². The Morgan fingerprint density at radius 3 is 2.45 bits per heavy atom. The minimum Gasteiger partial charge on any atom is -0.462 e. The molecule has 0 bridgehead atoms. The molecule has 0 amide bonds. The van der Waals surface area contributed by atoms with Crippen LogP contribution in [-0.2, 0) is 9.53 Å². The molecule has 0 unspecified atom stereocenters. The van der Waals surface area contributed by atoms with Crippen LogP contribution in [0.25, 0.3) is 0 Å². The lowest BCUT2D eigenvalue weighted by Crippen LogP contribution is -2.03. The van der Waals surface area contributed by atoms with Crippen LogP contribution in [-0.4, -0.2) is 18.8 Å². The Bertz CT molecular complexity index is 160. The lowest BCUT2D eigenvalue weighted by molar-refractivity contribution is -0.139. The molecule has 0 saturated heterocycles. The van der Waals surface area contributed by atoms with E-state index < -0.39 is 12.1 Å². The van der Waals surface area contributed by atoms with E-state index >= 15 is 0 Å². The maximum Gasteiger partial charge on any atom is 0.409 e. The molecule has 0 atom stereocenters. The first kappa shape index (κ1) is 10.0. The average Bonchev–Trinajstić information content (AvgIpc) is 1.78. The zero-order chi connectivity index (χ0) is 8.91. The molecule has 0 aliphatic rings. The Morgan fingerprint density at radius 1 is 1.55 bits per heavy atom. The Morgan fingerprint density at radius 2 is 2.09 bits per heavy atom. The normalized spacial score (nSPS) is 12.0. The second-order valence-corrected chi connectivity index (χ2v) is 1.75. The van der Waals surface area contributed by atoms with Crippen molar-refractivity contribution in [2.75, 3.05) is 6.61 Å². The fourth-order valence-electron chi connectivity index (χ4n) is 0.347. The number of rotatable bonds is 2. The third kappa shape index (κ3) is 9.00. The predicted octanol–water partition coefficient (Wildman–Crippen LogP) is 1.67. The second-order valence-electron chi connectivity index (χ2n) is 1.75. The first-order valence-corrected chi connectivity index (χ1v) is 2.79. The van der Waals surface area contributed by atoms with Gasteiger partial charge in [-0.15, -0.1) is 0 Å². The molecule has 11 heavy (non-hydrogen) atoms. The molecule has 0 aromatic carbocycles. The van der Waals surface area contributed by atoms with E-state index in [1.165, 1.54) is 0 Å². The molecule has 5 heteroatoms. The Hall–Kier alpha value is -1.00. The van der Waals surface area contributed by atoms with Gasteiger partial charge in [-0.1, -0.05) is 0 Å². The lowest BCUT2D eigenvalue weighted by atomic mass is 10.5. The molecular weight excluding hydrogens is 161 g/mol. The van der Waals surface area contributed by atoms with E-state index in [2.05, 4.69) is 4.74 Å². The van der Waals surface area contributed by atoms with E-state index in [1.54, 1.807) is 0 Å². The van der Waals surface area contributed by atoms with Gasteiger partial charge < -0.3 is 4.74 Å². The van der Waals surface area contributed by atoms with Crippen molar-refractivity contribution in [2.24, 2.45) is 0 Å². The number of alkyl halides is 3. The van der Waals surface area contributed by atoms with Crippen LogP contribution in [0.2, 0.25) is 0 Å². The van der Waals surface area contributed by atoms with Crippen molar-refractivity contribution in [1.29, 1.82) is 0 Å². The van der Waals surface area contributed by atoms with Crippen LogP contribution in [0.15, 0.2) is 12.2 Å². The number of hydrogen-bond acceptors (Lipinski definition) is 2. The third-order valence-corrected chi connectivity index (χ3v) is 0.690. The highest BCUT2D eigenvalue weighted by molar-refractivity contribution is 5.65. The molecule has 0 fully saturated rings. The zero-order valence-corrected chi connectivity index (χ0v) is 5.81. The van der Waals surface area contributed by atoms with Gasteiger partial charge in [0.25, 0.3) is 0 Å². The maximum absolute atomic E-state index is 11.4. The highest BCUT2D eigenvalue weighted by atomic mass is 19.4. The molecule has 0 rings (SSSR count). The summed E-state index contributed by atoms with van der Waals surface area (Å²) in [5, 5.41) is 0. The van der Waals surface area contributed by atoms with Gasteiger partial charge in [-0.25, -0.2) is 0 Å². The molecule has 0 spiro atoms. The maximum atomic E-state index is 11.4. The highest BCUT2D eigenvalue weighted by Crippen LogP contribution is 2.15. The van der Waals surface area contributed by atoms with Crippen LogP contribution in [0.1, 0.15) is 6.92 Å². The number of carbonyl (C=O) groups excluding carboxylic acids is 1. The Kier molecular flexibility index (Phi) is 3.64. The van der Waals surface area contributed by atoms with Crippen LogP contribution in [0.3, 0.4) is 0 Å². The molecule has 0 radical (unpaired) electrons. The molecule has 0 saturated carbocycles. The van der Waals surface area contributed by atoms with Crippen molar-refractivity contribution < 1.29 is 22.7 Å². The number of ether oxygens (including phenoxy) is 1. The first-order valence-electron chi connectivity index (χ1n) is 2.79. The molecular formula is C6H7F3O2. The lowest BCUT2D eigenvalue weighted by Gasteiger charge is -1.97. The van der Waals surface area contributed by atoms with Gasteiger partial charge in [0.15, 0.2) is 0 Å². The van der Waals surface area contributed by atoms with E-state index in [9.17, 15) is 18.0 Å². The summed E-state index contributed by atoms with van der Waals surface area (Å²) in [4.78, 5) is 10.0. The fraction of sp³-hybridized carbons (Fsp3) is 0.500. The highest BCUT2D eigenvalue weighted by Gasteiger charge is 2.21. The molecule has 0 aromatic rings. The monoisotopic (exact) mass is 168 g/mol. The number of hydrogen-bond donors (Lipinski definition) is 0. The summed E-state index contributed by atoms with van der Waals surface area (Å²) < 4.78 is 38.3. The Balaban J connectivity index is 3.54. The number of halogens is 3.